The quantitative estimate of drug-likeness (QED) is 0.610. The molecule has 1 amide bonds. The van der Waals surface area contributed by atoms with Gasteiger partial charge in [0.05, 0.1) is 0 Å². The SMILES string of the molecule is Cc1ccccc1C1CCN(C(=O)COc2ccc3ccccc3c2)CCS1. The summed E-state index contributed by atoms with van der Waals surface area (Å²) < 4.78 is 5.80. The van der Waals surface area contributed by atoms with Gasteiger partial charge in [0.1, 0.15) is 5.75 Å². The van der Waals surface area contributed by atoms with Crippen LogP contribution in [0.15, 0.2) is 66.7 Å². The van der Waals surface area contributed by atoms with Gasteiger partial charge in [-0.25, -0.2) is 0 Å². The topological polar surface area (TPSA) is 29.5 Å². The number of benzene rings is 3. The van der Waals surface area contributed by atoms with E-state index in [2.05, 4.69) is 43.3 Å². The number of nitrogens with zero attached hydrogens (tertiary/aromatic N) is 1. The largest absolute Gasteiger partial charge is 0.484 e. The first-order chi connectivity index (χ1) is 13.7. The zero-order valence-corrected chi connectivity index (χ0v) is 17.0. The molecule has 1 heterocycles. The Bertz CT molecular complexity index is 971. The standard InChI is InChI=1S/C24H25NO2S/c1-18-6-2-5-9-22(18)23-12-13-25(14-15-28-23)24(26)17-27-21-11-10-19-7-3-4-8-20(19)16-21/h2-11,16,23H,12-15,17H2,1H3. The maximum absolute atomic E-state index is 12.7. The van der Waals surface area contributed by atoms with Gasteiger partial charge in [-0.3, -0.25) is 4.79 Å². The Kier molecular flexibility index (Phi) is 5.87. The minimum absolute atomic E-state index is 0.0687. The fourth-order valence-corrected chi connectivity index (χ4v) is 5.04. The van der Waals surface area contributed by atoms with E-state index in [0.717, 1.165) is 36.4 Å². The molecule has 3 nitrogen and oxygen atoms in total. The molecule has 0 radical (unpaired) electrons. The molecule has 1 saturated heterocycles. The van der Waals surface area contributed by atoms with Crippen molar-refractivity contribution in [2.45, 2.75) is 18.6 Å². The summed E-state index contributed by atoms with van der Waals surface area (Å²) in [6.07, 6.45) is 0.983. The number of amides is 1. The second-order valence-electron chi connectivity index (χ2n) is 7.18. The minimum atomic E-state index is 0.0687. The first-order valence-corrected chi connectivity index (χ1v) is 10.8. The average Bonchev–Trinajstić information content (AvgIpc) is 2.98. The Labute approximate surface area is 170 Å². The molecule has 0 N–H and O–H groups in total. The highest BCUT2D eigenvalue weighted by molar-refractivity contribution is 7.99. The predicted octanol–water partition coefficient (Wildman–Crippen LogP) is 5.23. The summed E-state index contributed by atoms with van der Waals surface area (Å²) in [4.78, 5) is 14.6. The van der Waals surface area contributed by atoms with Crippen LogP contribution in [0.25, 0.3) is 10.8 Å². The summed E-state index contributed by atoms with van der Waals surface area (Å²) in [7, 11) is 0. The van der Waals surface area contributed by atoms with Crippen LogP contribution in [0.4, 0.5) is 0 Å². The Hall–Kier alpha value is -2.46. The second kappa shape index (κ2) is 8.70. The summed E-state index contributed by atoms with van der Waals surface area (Å²) in [5, 5.41) is 2.76. The van der Waals surface area contributed by atoms with Crippen molar-refractivity contribution < 1.29 is 9.53 Å². The molecule has 1 aliphatic heterocycles. The van der Waals surface area contributed by atoms with Gasteiger partial charge in [0.15, 0.2) is 6.61 Å². The lowest BCUT2D eigenvalue weighted by atomic mass is 10.0. The lowest BCUT2D eigenvalue weighted by molar-refractivity contribution is -0.133. The molecule has 0 bridgehead atoms. The molecule has 1 unspecified atom stereocenters. The maximum Gasteiger partial charge on any atom is 0.260 e. The molecule has 0 spiro atoms. The lowest BCUT2D eigenvalue weighted by Gasteiger charge is -2.21. The molecule has 0 aromatic heterocycles. The zero-order valence-electron chi connectivity index (χ0n) is 16.1. The number of ether oxygens (including phenoxy) is 1. The molecule has 1 atom stereocenters. The van der Waals surface area contributed by atoms with Crippen molar-refractivity contribution >= 4 is 28.4 Å². The van der Waals surface area contributed by atoms with Crippen LogP contribution in [0, 0.1) is 6.92 Å². The van der Waals surface area contributed by atoms with E-state index in [1.807, 2.05) is 47.0 Å². The molecule has 0 saturated carbocycles. The smallest absolute Gasteiger partial charge is 0.260 e. The Morgan fingerprint density at radius 2 is 1.82 bits per heavy atom. The van der Waals surface area contributed by atoms with Crippen LogP contribution in [0.1, 0.15) is 22.8 Å². The number of hydrogen-bond acceptors (Lipinski definition) is 3. The molecule has 4 heteroatoms. The molecule has 3 aromatic rings. The molecule has 1 aliphatic rings. The van der Waals surface area contributed by atoms with Crippen LogP contribution in [0.2, 0.25) is 0 Å². The molecule has 1 fully saturated rings. The van der Waals surface area contributed by atoms with Crippen molar-refractivity contribution in [3.8, 4) is 5.75 Å². The van der Waals surface area contributed by atoms with Crippen molar-refractivity contribution in [3.63, 3.8) is 0 Å². The van der Waals surface area contributed by atoms with E-state index in [1.165, 1.54) is 16.5 Å². The van der Waals surface area contributed by atoms with Gasteiger partial charge in [-0.2, -0.15) is 11.8 Å². The average molecular weight is 392 g/mol. The fraction of sp³-hybridized carbons (Fsp3) is 0.292. The van der Waals surface area contributed by atoms with Crippen LogP contribution < -0.4 is 4.74 Å². The molecular weight excluding hydrogens is 366 g/mol. The highest BCUT2D eigenvalue weighted by atomic mass is 32.2. The third-order valence-corrected chi connectivity index (χ3v) is 6.62. The summed E-state index contributed by atoms with van der Waals surface area (Å²) in [5.41, 5.74) is 2.73. The predicted molar refractivity (Wildman–Crippen MR) is 117 cm³/mol. The lowest BCUT2D eigenvalue weighted by Crippen LogP contribution is -2.36. The summed E-state index contributed by atoms with van der Waals surface area (Å²) in [6, 6.07) is 22.7. The summed E-state index contributed by atoms with van der Waals surface area (Å²) in [5.74, 6) is 1.77. The first-order valence-electron chi connectivity index (χ1n) is 9.77. The van der Waals surface area contributed by atoms with Gasteiger partial charge in [0.25, 0.3) is 5.91 Å². The Morgan fingerprint density at radius 3 is 2.68 bits per heavy atom. The number of hydrogen-bond donors (Lipinski definition) is 0. The number of carbonyl (C=O) groups excluding carboxylic acids is 1. The van der Waals surface area contributed by atoms with E-state index >= 15 is 0 Å². The number of fused-ring (bicyclic) bond motifs is 1. The van der Waals surface area contributed by atoms with E-state index < -0.39 is 0 Å². The maximum atomic E-state index is 12.7. The Morgan fingerprint density at radius 1 is 1.04 bits per heavy atom. The van der Waals surface area contributed by atoms with E-state index in [0.29, 0.717) is 5.25 Å². The van der Waals surface area contributed by atoms with Crippen LogP contribution in [-0.2, 0) is 4.79 Å². The third kappa shape index (κ3) is 4.33. The Balaban J connectivity index is 1.35. The van der Waals surface area contributed by atoms with E-state index in [9.17, 15) is 4.79 Å². The van der Waals surface area contributed by atoms with Gasteiger partial charge in [-0.05, 0) is 47.4 Å². The van der Waals surface area contributed by atoms with Crippen molar-refractivity contribution in [1.82, 2.24) is 4.90 Å². The van der Waals surface area contributed by atoms with Gasteiger partial charge in [-0.15, -0.1) is 0 Å². The minimum Gasteiger partial charge on any atom is -0.484 e. The van der Waals surface area contributed by atoms with Crippen LogP contribution in [-0.4, -0.2) is 36.3 Å². The first kappa shape index (κ1) is 18.9. The molecule has 4 rings (SSSR count). The molecule has 0 aliphatic carbocycles. The second-order valence-corrected chi connectivity index (χ2v) is 8.49. The van der Waals surface area contributed by atoms with Gasteiger partial charge >= 0.3 is 0 Å². The van der Waals surface area contributed by atoms with E-state index in [-0.39, 0.29) is 12.5 Å². The fourth-order valence-electron chi connectivity index (χ4n) is 3.71. The van der Waals surface area contributed by atoms with E-state index in [4.69, 9.17) is 4.74 Å². The van der Waals surface area contributed by atoms with Crippen LogP contribution >= 0.6 is 11.8 Å². The molecule has 28 heavy (non-hydrogen) atoms. The van der Waals surface area contributed by atoms with Gasteiger partial charge in [0.2, 0.25) is 0 Å². The molecular formula is C24H25NO2S. The molecule has 144 valence electrons. The van der Waals surface area contributed by atoms with Gasteiger partial charge in [0, 0.05) is 24.1 Å². The molecule has 3 aromatic carbocycles. The zero-order chi connectivity index (χ0) is 19.3. The summed E-state index contributed by atoms with van der Waals surface area (Å²) in [6.45, 7) is 3.83. The van der Waals surface area contributed by atoms with Crippen molar-refractivity contribution in [2.75, 3.05) is 25.4 Å². The van der Waals surface area contributed by atoms with Crippen LogP contribution in [0.3, 0.4) is 0 Å². The normalized spacial score (nSPS) is 17.3. The van der Waals surface area contributed by atoms with Crippen molar-refractivity contribution in [3.05, 3.63) is 77.9 Å². The number of aryl methyl sites for hydroxylation is 1. The number of rotatable bonds is 4. The third-order valence-electron chi connectivity index (χ3n) is 5.31. The monoisotopic (exact) mass is 391 g/mol. The van der Waals surface area contributed by atoms with Gasteiger partial charge < -0.3 is 9.64 Å². The van der Waals surface area contributed by atoms with Gasteiger partial charge in [-0.1, -0.05) is 54.6 Å². The van der Waals surface area contributed by atoms with E-state index in [1.54, 1.807) is 0 Å². The van der Waals surface area contributed by atoms with Crippen molar-refractivity contribution in [2.24, 2.45) is 0 Å². The highest BCUT2D eigenvalue weighted by Gasteiger charge is 2.23. The van der Waals surface area contributed by atoms with Crippen molar-refractivity contribution in [1.29, 1.82) is 0 Å². The van der Waals surface area contributed by atoms with Crippen LogP contribution in [0.5, 0.6) is 5.75 Å². The number of carbonyl (C=O) groups is 1. The highest BCUT2D eigenvalue weighted by Crippen LogP contribution is 2.35. The number of thioether (sulfide) groups is 1. The summed E-state index contributed by atoms with van der Waals surface area (Å²) >= 11 is 1.95.